The Hall–Kier alpha value is -2.36. The molecule has 3 aromatic rings. The number of halogens is 1. The van der Waals surface area contributed by atoms with Crippen molar-refractivity contribution in [3.05, 3.63) is 54.5 Å². The Balaban J connectivity index is 0.00000225. The van der Waals surface area contributed by atoms with Gasteiger partial charge < -0.3 is 20.1 Å². The molecule has 1 saturated heterocycles. The molecule has 8 heteroatoms. The number of pyridine rings is 1. The molecule has 0 saturated carbocycles. The van der Waals surface area contributed by atoms with Gasteiger partial charge in [-0.15, -0.1) is 24.0 Å². The van der Waals surface area contributed by atoms with Gasteiger partial charge in [0.1, 0.15) is 11.6 Å². The third kappa shape index (κ3) is 4.73. The second kappa shape index (κ2) is 9.72. The largest absolute Gasteiger partial charge is 0.356 e. The summed E-state index contributed by atoms with van der Waals surface area (Å²) < 4.78 is 0. The van der Waals surface area contributed by atoms with Crippen LogP contribution in [0.15, 0.2) is 53.7 Å². The fourth-order valence-corrected chi connectivity index (χ4v) is 3.44. The maximum absolute atomic E-state index is 4.63. The van der Waals surface area contributed by atoms with Crippen molar-refractivity contribution in [1.29, 1.82) is 0 Å². The molecular weight excluding hydrogens is 465 g/mol. The summed E-state index contributed by atoms with van der Waals surface area (Å²) in [5, 5.41) is 3.47. The van der Waals surface area contributed by atoms with Crippen molar-refractivity contribution in [3.63, 3.8) is 0 Å². The van der Waals surface area contributed by atoms with E-state index in [1.807, 2.05) is 43.6 Å². The van der Waals surface area contributed by atoms with Crippen molar-refractivity contribution in [2.45, 2.75) is 6.42 Å². The molecule has 0 radical (unpaired) electrons. The maximum atomic E-state index is 4.63. The lowest BCUT2D eigenvalue weighted by Crippen LogP contribution is -2.53. The number of hydrogen-bond donors (Lipinski definition) is 2. The highest BCUT2D eigenvalue weighted by Crippen LogP contribution is 2.13. The van der Waals surface area contributed by atoms with Gasteiger partial charge in [0.05, 0.1) is 11.0 Å². The molecule has 0 amide bonds. The number of guanidine groups is 1. The molecule has 0 spiro atoms. The van der Waals surface area contributed by atoms with Gasteiger partial charge in [0, 0.05) is 52.4 Å². The number of fused-ring (bicyclic) bond motifs is 1. The van der Waals surface area contributed by atoms with E-state index in [0.29, 0.717) is 0 Å². The predicted molar refractivity (Wildman–Crippen MR) is 125 cm³/mol. The fourth-order valence-electron chi connectivity index (χ4n) is 3.44. The highest BCUT2D eigenvalue weighted by atomic mass is 127. The van der Waals surface area contributed by atoms with E-state index in [2.05, 4.69) is 47.2 Å². The molecule has 0 aliphatic carbocycles. The number of aromatic amines is 1. The van der Waals surface area contributed by atoms with Crippen molar-refractivity contribution in [2.75, 3.05) is 44.7 Å². The lowest BCUT2D eigenvalue weighted by atomic mass is 10.3. The third-order valence-electron chi connectivity index (χ3n) is 4.85. The Morgan fingerprint density at radius 2 is 1.89 bits per heavy atom. The molecule has 28 heavy (non-hydrogen) atoms. The molecule has 148 valence electrons. The molecule has 0 bridgehead atoms. The first-order valence-corrected chi connectivity index (χ1v) is 9.39. The predicted octanol–water partition coefficient (Wildman–Crippen LogP) is 2.52. The minimum atomic E-state index is 0. The fraction of sp³-hybridized carbons (Fsp3) is 0.350. The van der Waals surface area contributed by atoms with Crippen LogP contribution in [0.25, 0.3) is 11.0 Å². The Kier molecular flexibility index (Phi) is 7.07. The molecule has 2 N–H and O–H groups in total. The van der Waals surface area contributed by atoms with E-state index in [4.69, 9.17) is 0 Å². The quantitative estimate of drug-likeness (QED) is 0.334. The van der Waals surface area contributed by atoms with E-state index in [1.54, 1.807) is 0 Å². The zero-order valence-electron chi connectivity index (χ0n) is 16.0. The standard InChI is InChI=1S/C20H25N7.HI/c1-21-20(23-11-9-18-24-16-6-2-3-7-17(16)25-18)27-14-12-26(13-15-27)19-8-4-5-10-22-19;/h2-8,10H,9,11-15H2,1H3,(H,21,23)(H,24,25);1H. The van der Waals surface area contributed by atoms with E-state index in [-0.39, 0.29) is 24.0 Å². The van der Waals surface area contributed by atoms with E-state index in [9.17, 15) is 0 Å². The van der Waals surface area contributed by atoms with Gasteiger partial charge in [-0.2, -0.15) is 0 Å². The van der Waals surface area contributed by atoms with Gasteiger partial charge in [0.2, 0.25) is 0 Å². The lowest BCUT2D eigenvalue weighted by Gasteiger charge is -2.37. The minimum Gasteiger partial charge on any atom is -0.356 e. The number of imidazole rings is 1. The SMILES string of the molecule is CN=C(NCCc1nc2ccccc2[nH]1)N1CCN(c2ccccn2)CC1.I. The molecular formula is C20H26IN7. The summed E-state index contributed by atoms with van der Waals surface area (Å²) in [7, 11) is 1.84. The zero-order valence-corrected chi connectivity index (χ0v) is 18.3. The smallest absolute Gasteiger partial charge is 0.193 e. The van der Waals surface area contributed by atoms with Crippen LogP contribution in [0.3, 0.4) is 0 Å². The van der Waals surface area contributed by atoms with E-state index >= 15 is 0 Å². The van der Waals surface area contributed by atoms with Gasteiger partial charge in [-0.25, -0.2) is 9.97 Å². The number of aromatic nitrogens is 3. The number of anilines is 1. The maximum Gasteiger partial charge on any atom is 0.193 e. The average Bonchev–Trinajstić information content (AvgIpc) is 3.15. The van der Waals surface area contributed by atoms with Crippen molar-refractivity contribution < 1.29 is 0 Å². The highest BCUT2D eigenvalue weighted by Gasteiger charge is 2.20. The number of H-pyrrole nitrogens is 1. The van der Waals surface area contributed by atoms with Gasteiger partial charge >= 0.3 is 0 Å². The molecule has 1 aliphatic rings. The normalized spacial score (nSPS) is 14.8. The lowest BCUT2D eigenvalue weighted by molar-refractivity contribution is 0.371. The van der Waals surface area contributed by atoms with Crippen LogP contribution in [0.5, 0.6) is 0 Å². The molecule has 0 atom stereocenters. The van der Waals surface area contributed by atoms with Crippen molar-refractivity contribution in [1.82, 2.24) is 25.2 Å². The molecule has 7 nitrogen and oxygen atoms in total. The number of benzene rings is 1. The zero-order chi connectivity index (χ0) is 18.5. The van der Waals surface area contributed by atoms with Crippen molar-refractivity contribution in [2.24, 2.45) is 4.99 Å². The Morgan fingerprint density at radius 1 is 1.11 bits per heavy atom. The number of para-hydroxylation sites is 2. The summed E-state index contributed by atoms with van der Waals surface area (Å²) in [5.74, 6) is 3.00. The average molecular weight is 491 g/mol. The van der Waals surface area contributed by atoms with Crippen LogP contribution in [0.2, 0.25) is 0 Å². The topological polar surface area (TPSA) is 72.4 Å². The molecule has 0 unspecified atom stereocenters. The van der Waals surface area contributed by atoms with Crippen molar-refractivity contribution >= 4 is 46.8 Å². The van der Waals surface area contributed by atoms with Gasteiger partial charge in [-0.1, -0.05) is 18.2 Å². The number of piperazine rings is 1. The molecule has 1 fully saturated rings. The molecule has 1 aliphatic heterocycles. The summed E-state index contributed by atoms with van der Waals surface area (Å²) in [4.78, 5) is 21.5. The van der Waals surface area contributed by atoms with Crippen LogP contribution in [0.1, 0.15) is 5.82 Å². The first-order valence-electron chi connectivity index (χ1n) is 9.39. The van der Waals surface area contributed by atoms with E-state index in [0.717, 1.165) is 67.8 Å². The minimum absolute atomic E-state index is 0. The first-order chi connectivity index (χ1) is 13.3. The highest BCUT2D eigenvalue weighted by molar-refractivity contribution is 14.0. The number of nitrogens with one attached hydrogen (secondary N) is 2. The Morgan fingerprint density at radius 3 is 2.61 bits per heavy atom. The van der Waals surface area contributed by atoms with Gasteiger partial charge in [-0.05, 0) is 24.3 Å². The van der Waals surface area contributed by atoms with Crippen molar-refractivity contribution in [3.8, 4) is 0 Å². The summed E-state index contributed by atoms with van der Waals surface area (Å²) in [5.41, 5.74) is 2.10. The molecule has 4 rings (SSSR count). The third-order valence-corrected chi connectivity index (χ3v) is 4.85. The first kappa shape index (κ1) is 20.4. The second-order valence-electron chi connectivity index (χ2n) is 6.59. The molecule has 2 aromatic heterocycles. The Labute approximate surface area is 182 Å². The summed E-state index contributed by atoms with van der Waals surface area (Å²) in [6.45, 7) is 4.55. The van der Waals surface area contributed by atoms with Gasteiger partial charge in [0.15, 0.2) is 5.96 Å². The number of rotatable bonds is 4. The van der Waals surface area contributed by atoms with Crippen LogP contribution in [-0.4, -0.2) is 65.6 Å². The number of hydrogen-bond acceptors (Lipinski definition) is 4. The van der Waals surface area contributed by atoms with Crippen LogP contribution >= 0.6 is 24.0 Å². The van der Waals surface area contributed by atoms with E-state index in [1.165, 1.54) is 0 Å². The number of nitrogens with zero attached hydrogens (tertiary/aromatic N) is 5. The monoisotopic (exact) mass is 491 g/mol. The van der Waals surface area contributed by atoms with Crippen LogP contribution in [0, 0.1) is 0 Å². The van der Waals surface area contributed by atoms with Crippen LogP contribution in [-0.2, 0) is 6.42 Å². The number of aliphatic imine (C=N–C) groups is 1. The molecule has 1 aromatic carbocycles. The summed E-state index contributed by atoms with van der Waals surface area (Å²) in [6.07, 6.45) is 2.68. The van der Waals surface area contributed by atoms with E-state index < -0.39 is 0 Å². The van der Waals surface area contributed by atoms with Gasteiger partial charge in [0.25, 0.3) is 0 Å². The summed E-state index contributed by atoms with van der Waals surface area (Å²) >= 11 is 0. The van der Waals surface area contributed by atoms with Gasteiger partial charge in [-0.3, -0.25) is 4.99 Å². The summed E-state index contributed by atoms with van der Waals surface area (Å²) in [6, 6.07) is 14.2. The van der Waals surface area contributed by atoms with Crippen LogP contribution < -0.4 is 10.2 Å². The van der Waals surface area contributed by atoms with Crippen LogP contribution in [0.4, 0.5) is 5.82 Å². The second-order valence-corrected chi connectivity index (χ2v) is 6.59. The Bertz CT molecular complexity index is 868. The molecule has 3 heterocycles.